The number of hydrogen-bond donors (Lipinski definition) is 0. The van der Waals surface area contributed by atoms with Gasteiger partial charge in [-0.2, -0.15) is 0 Å². The second-order valence-electron chi connectivity index (χ2n) is 5.69. The number of aromatic nitrogens is 1. The second-order valence-corrected chi connectivity index (χ2v) is 5.69. The molecule has 2 rings (SSSR count). The minimum Gasteiger partial charge on any atom is -0.443 e. The van der Waals surface area contributed by atoms with Gasteiger partial charge in [0.25, 0.3) is 0 Å². The Morgan fingerprint density at radius 1 is 1.29 bits per heavy atom. The lowest BCUT2D eigenvalue weighted by Gasteiger charge is -2.27. The van der Waals surface area contributed by atoms with Crippen LogP contribution in [-0.2, 0) is 11.3 Å². The third kappa shape index (κ3) is 4.60. The summed E-state index contributed by atoms with van der Waals surface area (Å²) < 4.78 is 5.48. The predicted molar refractivity (Wildman–Crippen MR) is 81.9 cm³/mol. The molecular formula is C17H19N2O2. The maximum absolute atomic E-state index is 12.4. The Balaban J connectivity index is 2.25. The number of benzene rings is 1. The molecule has 21 heavy (non-hydrogen) atoms. The van der Waals surface area contributed by atoms with Crippen molar-refractivity contribution < 1.29 is 9.53 Å². The van der Waals surface area contributed by atoms with E-state index in [4.69, 9.17) is 4.74 Å². The molecule has 0 aliphatic rings. The van der Waals surface area contributed by atoms with Crippen LogP contribution in [0.3, 0.4) is 0 Å². The number of hydrogen-bond acceptors (Lipinski definition) is 3. The number of rotatable bonds is 3. The van der Waals surface area contributed by atoms with E-state index >= 15 is 0 Å². The molecule has 0 bridgehead atoms. The fourth-order valence-electron chi connectivity index (χ4n) is 1.81. The number of amides is 1. The molecule has 1 aromatic carbocycles. The second kappa shape index (κ2) is 6.39. The maximum atomic E-state index is 12.4. The zero-order valence-electron chi connectivity index (χ0n) is 12.5. The molecule has 0 saturated heterocycles. The van der Waals surface area contributed by atoms with Gasteiger partial charge in [0, 0.05) is 18.1 Å². The third-order valence-corrected chi connectivity index (χ3v) is 2.69. The first-order valence-electron chi connectivity index (χ1n) is 6.81. The molecule has 0 unspecified atom stereocenters. The van der Waals surface area contributed by atoms with Gasteiger partial charge in [-0.25, -0.2) is 4.79 Å². The average Bonchev–Trinajstić information content (AvgIpc) is 2.45. The van der Waals surface area contributed by atoms with Gasteiger partial charge in [0.1, 0.15) is 5.60 Å². The van der Waals surface area contributed by atoms with E-state index in [1.54, 1.807) is 29.4 Å². The first-order valence-corrected chi connectivity index (χ1v) is 6.81. The van der Waals surface area contributed by atoms with E-state index in [0.29, 0.717) is 6.54 Å². The van der Waals surface area contributed by atoms with Crippen molar-refractivity contribution in [1.82, 2.24) is 4.98 Å². The average molecular weight is 283 g/mol. The monoisotopic (exact) mass is 283 g/mol. The summed E-state index contributed by atoms with van der Waals surface area (Å²) in [6.07, 6.45) is 3.07. The summed E-state index contributed by atoms with van der Waals surface area (Å²) in [4.78, 5) is 18.1. The van der Waals surface area contributed by atoms with Crippen LogP contribution >= 0.6 is 0 Å². The molecule has 0 aliphatic carbocycles. The smallest absolute Gasteiger partial charge is 0.415 e. The summed E-state index contributed by atoms with van der Waals surface area (Å²) in [5, 5.41) is 0. The van der Waals surface area contributed by atoms with Gasteiger partial charge in [-0.1, -0.05) is 18.2 Å². The van der Waals surface area contributed by atoms with Gasteiger partial charge < -0.3 is 4.74 Å². The van der Waals surface area contributed by atoms with Crippen molar-refractivity contribution in [2.45, 2.75) is 32.9 Å². The molecule has 0 spiro atoms. The summed E-state index contributed by atoms with van der Waals surface area (Å²) in [6, 6.07) is 13.9. The van der Waals surface area contributed by atoms with Crippen LogP contribution in [0.15, 0.2) is 48.8 Å². The molecule has 2 aromatic rings. The van der Waals surface area contributed by atoms with Crippen LogP contribution in [0, 0.1) is 6.07 Å². The van der Waals surface area contributed by atoms with Crippen LogP contribution in [-0.4, -0.2) is 16.7 Å². The number of anilines is 1. The summed E-state index contributed by atoms with van der Waals surface area (Å²) in [6.45, 7) is 5.97. The highest BCUT2D eigenvalue weighted by Crippen LogP contribution is 2.20. The molecule has 109 valence electrons. The largest absolute Gasteiger partial charge is 0.443 e. The van der Waals surface area contributed by atoms with Crippen molar-refractivity contribution in [2.75, 3.05) is 4.90 Å². The molecule has 4 heteroatoms. The number of carbonyl (C=O) groups excluding carboxylic acids is 1. The molecular weight excluding hydrogens is 264 g/mol. The molecule has 1 radical (unpaired) electrons. The topological polar surface area (TPSA) is 42.4 Å². The van der Waals surface area contributed by atoms with Gasteiger partial charge >= 0.3 is 6.09 Å². The van der Waals surface area contributed by atoms with E-state index in [2.05, 4.69) is 11.1 Å². The SMILES string of the molecule is CC(C)(C)OC(=O)N(Cc1cccnc1)c1cc[c]cc1. The van der Waals surface area contributed by atoms with E-state index < -0.39 is 5.60 Å². The molecule has 0 saturated carbocycles. The molecule has 1 amide bonds. The predicted octanol–water partition coefficient (Wildman–Crippen LogP) is 3.82. The maximum Gasteiger partial charge on any atom is 0.415 e. The Hall–Kier alpha value is -2.36. The molecule has 1 heterocycles. The lowest BCUT2D eigenvalue weighted by atomic mass is 10.2. The quantitative estimate of drug-likeness (QED) is 0.860. The number of carbonyl (C=O) groups is 1. The highest BCUT2D eigenvalue weighted by atomic mass is 16.6. The van der Waals surface area contributed by atoms with Crippen molar-refractivity contribution in [2.24, 2.45) is 0 Å². The highest BCUT2D eigenvalue weighted by molar-refractivity contribution is 5.87. The Morgan fingerprint density at radius 2 is 2.00 bits per heavy atom. The Kier molecular flexibility index (Phi) is 4.58. The first-order chi connectivity index (χ1) is 9.96. The fourth-order valence-corrected chi connectivity index (χ4v) is 1.81. The molecule has 0 N–H and O–H groups in total. The van der Waals surface area contributed by atoms with E-state index in [1.165, 1.54) is 0 Å². The van der Waals surface area contributed by atoms with Gasteiger partial charge in [-0.05, 0) is 50.6 Å². The number of ether oxygens (including phenoxy) is 1. The van der Waals surface area contributed by atoms with E-state index in [1.807, 2.05) is 45.0 Å². The minimum absolute atomic E-state index is 0.377. The molecule has 0 atom stereocenters. The van der Waals surface area contributed by atoms with Gasteiger partial charge in [-0.15, -0.1) is 0 Å². The standard InChI is InChI=1S/C17H19N2O2/c1-17(2,3)21-16(20)19(15-9-5-4-6-10-15)13-14-8-7-11-18-12-14/h5-12H,13H2,1-3H3. The van der Waals surface area contributed by atoms with Crippen LogP contribution in [0.5, 0.6) is 0 Å². The van der Waals surface area contributed by atoms with Crippen molar-refractivity contribution in [3.8, 4) is 0 Å². The van der Waals surface area contributed by atoms with Crippen molar-refractivity contribution in [3.05, 3.63) is 60.4 Å². The molecule has 1 aromatic heterocycles. The van der Waals surface area contributed by atoms with Crippen molar-refractivity contribution in [1.29, 1.82) is 0 Å². The Morgan fingerprint density at radius 3 is 2.57 bits per heavy atom. The molecule has 0 fully saturated rings. The van der Waals surface area contributed by atoms with Crippen molar-refractivity contribution >= 4 is 11.8 Å². The van der Waals surface area contributed by atoms with Crippen molar-refractivity contribution in [3.63, 3.8) is 0 Å². The summed E-state index contributed by atoms with van der Waals surface area (Å²) in [7, 11) is 0. The van der Waals surface area contributed by atoms with Gasteiger partial charge in [0.15, 0.2) is 0 Å². The lowest BCUT2D eigenvalue weighted by molar-refractivity contribution is 0.0577. The minimum atomic E-state index is -0.537. The number of pyridine rings is 1. The zero-order chi connectivity index (χ0) is 15.3. The van der Waals surface area contributed by atoms with Crippen LogP contribution in [0.25, 0.3) is 0 Å². The Labute approximate surface area is 125 Å². The van der Waals surface area contributed by atoms with Crippen LogP contribution in [0.1, 0.15) is 26.3 Å². The number of nitrogens with zero attached hydrogens (tertiary/aromatic N) is 2. The fraction of sp³-hybridized carbons (Fsp3) is 0.294. The molecule has 0 aliphatic heterocycles. The van der Waals surface area contributed by atoms with Gasteiger partial charge in [0.2, 0.25) is 0 Å². The van der Waals surface area contributed by atoms with E-state index in [-0.39, 0.29) is 6.09 Å². The summed E-state index contributed by atoms with van der Waals surface area (Å²) in [5.74, 6) is 0. The summed E-state index contributed by atoms with van der Waals surface area (Å²) >= 11 is 0. The van der Waals surface area contributed by atoms with Crippen LogP contribution in [0.2, 0.25) is 0 Å². The normalized spacial score (nSPS) is 11.0. The highest BCUT2D eigenvalue weighted by Gasteiger charge is 2.23. The van der Waals surface area contributed by atoms with Crippen LogP contribution < -0.4 is 4.90 Å². The zero-order valence-corrected chi connectivity index (χ0v) is 12.5. The van der Waals surface area contributed by atoms with Gasteiger partial charge in [-0.3, -0.25) is 9.88 Å². The van der Waals surface area contributed by atoms with Gasteiger partial charge in [0.05, 0.1) is 6.54 Å². The lowest BCUT2D eigenvalue weighted by Crippen LogP contribution is -2.36. The third-order valence-electron chi connectivity index (χ3n) is 2.69. The summed E-state index contributed by atoms with van der Waals surface area (Å²) in [5.41, 5.74) is 1.17. The Bertz CT molecular complexity index is 577. The van der Waals surface area contributed by atoms with E-state index in [0.717, 1.165) is 11.3 Å². The van der Waals surface area contributed by atoms with Crippen LogP contribution in [0.4, 0.5) is 10.5 Å². The molecule has 4 nitrogen and oxygen atoms in total. The van der Waals surface area contributed by atoms with E-state index in [9.17, 15) is 4.79 Å². The first kappa shape index (κ1) is 15.0.